The highest BCUT2D eigenvalue weighted by molar-refractivity contribution is 5.75. The molecule has 1 fully saturated rings. The maximum absolute atomic E-state index is 4.80. The zero-order chi connectivity index (χ0) is 13.2. The van der Waals surface area contributed by atoms with Crippen LogP contribution in [0.2, 0.25) is 0 Å². The van der Waals surface area contributed by atoms with E-state index in [0.717, 1.165) is 38.2 Å². The van der Waals surface area contributed by atoms with Gasteiger partial charge >= 0.3 is 0 Å². The Morgan fingerprint density at radius 1 is 1.37 bits per heavy atom. The van der Waals surface area contributed by atoms with Gasteiger partial charge < -0.3 is 9.88 Å². The molecule has 4 nitrogen and oxygen atoms in total. The Morgan fingerprint density at radius 2 is 2.21 bits per heavy atom. The van der Waals surface area contributed by atoms with Crippen molar-refractivity contribution >= 4 is 11.0 Å². The molecule has 4 heteroatoms. The van der Waals surface area contributed by atoms with Crippen LogP contribution in [-0.4, -0.2) is 40.1 Å². The van der Waals surface area contributed by atoms with Gasteiger partial charge in [-0.25, -0.2) is 4.98 Å². The van der Waals surface area contributed by atoms with Gasteiger partial charge in [-0.1, -0.05) is 12.1 Å². The third kappa shape index (κ3) is 2.51. The summed E-state index contributed by atoms with van der Waals surface area (Å²) in [7, 11) is 0. The van der Waals surface area contributed by atoms with Crippen molar-refractivity contribution in [2.75, 3.05) is 19.6 Å². The molecular formula is C15H22N4. The van der Waals surface area contributed by atoms with Crippen LogP contribution in [0.5, 0.6) is 0 Å². The Kier molecular flexibility index (Phi) is 3.53. The van der Waals surface area contributed by atoms with E-state index in [1.165, 1.54) is 11.3 Å². The van der Waals surface area contributed by atoms with Crippen molar-refractivity contribution in [3.63, 3.8) is 0 Å². The topological polar surface area (TPSA) is 33.1 Å². The van der Waals surface area contributed by atoms with Gasteiger partial charge in [0.15, 0.2) is 0 Å². The van der Waals surface area contributed by atoms with Gasteiger partial charge in [0.2, 0.25) is 0 Å². The second-order valence-electron chi connectivity index (χ2n) is 5.35. The van der Waals surface area contributed by atoms with Crippen molar-refractivity contribution in [2.45, 2.75) is 33.0 Å². The van der Waals surface area contributed by atoms with E-state index >= 15 is 0 Å². The molecule has 1 N–H and O–H groups in total. The van der Waals surface area contributed by atoms with Gasteiger partial charge in [-0.15, -0.1) is 0 Å². The van der Waals surface area contributed by atoms with Gasteiger partial charge in [0.05, 0.1) is 17.6 Å². The van der Waals surface area contributed by atoms with E-state index in [2.05, 4.69) is 52.9 Å². The predicted octanol–water partition coefficient (Wildman–Crippen LogP) is 1.85. The average molecular weight is 258 g/mol. The smallest absolute Gasteiger partial charge is 0.124 e. The number of nitrogens with zero attached hydrogens (tertiary/aromatic N) is 3. The number of hydrogen-bond donors (Lipinski definition) is 1. The Labute approximate surface area is 114 Å². The third-order valence-corrected chi connectivity index (χ3v) is 3.87. The van der Waals surface area contributed by atoms with Crippen molar-refractivity contribution in [3.8, 4) is 0 Å². The quantitative estimate of drug-likeness (QED) is 0.912. The Hall–Kier alpha value is -1.39. The normalized spacial score (nSPS) is 21.1. The Balaban J connectivity index is 1.87. The van der Waals surface area contributed by atoms with Gasteiger partial charge in [0.1, 0.15) is 5.82 Å². The zero-order valence-corrected chi connectivity index (χ0v) is 11.8. The minimum atomic E-state index is 0.577. The highest BCUT2D eigenvalue weighted by Gasteiger charge is 2.18. The molecule has 2 heterocycles. The monoisotopic (exact) mass is 258 g/mol. The molecule has 0 aliphatic carbocycles. The molecule has 1 atom stereocenters. The van der Waals surface area contributed by atoms with Crippen molar-refractivity contribution in [3.05, 3.63) is 30.1 Å². The van der Waals surface area contributed by atoms with E-state index in [4.69, 9.17) is 4.98 Å². The number of imidazole rings is 1. The molecular weight excluding hydrogens is 236 g/mol. The van der Waals surface area contributed by atoms with Gasteiger partial charge in [-0.05, 0) is 26.0 Å². The molecule has 0 amide bonds. The second kappa shape index (κ2) is 5.31. The molecule has 19 heavy (non-hydrogen) atoms. The fourth-order valence-corrected chi connectivity index (χ4v) is 2.95. The standard InChI is InChI=1S/C15H22N4/c1-3-19-14-7-5-4-6-13(14)17-15(19)11-18-9-8-16-12(2)10-18/h4-7,12,16H,3,8-11H2,1-2H3. The van der Waals surface area contributed by atoms with Crippen LogP contribution in [0.3, 0.4) is 0 Å². The van der Waals surface area contributed by atoms with E-state index in [0.29, 0.717) is 6.04 Å². The maximum Gasteiger partial charge on any atom is 0.124 e. The molecule has 0 saturated carbocycles. The molecule has 1 aromatic carbocycles. The molecule has 3 rings (SSSR count). The van der Waals surface area contributed by atoms with E-state index in [9.17, 15) is 0 Å². The van der Waals surface area contributed by atoms with Crippen LogP contribution >= 0.6 is 0 Å². The van der Waals surface area contributed by atoms with Crippen LogP contribution < -0.4 is 5.32 Å². The van der Waals surface area contributed by atoms with Gasteiger partial charge in [0.25, 0.3) is 0 Å². The summed E-state index contributed by atoms with van der Waals surface area (Å²) in [6.07, 6.45) is 0. The van der Waals surface area contributed by atoms with E-state index in [1.807, 2.05) is 0 Å². The van der Waals surface area contributed by atoms with Crippen molar-refractivity contribution < 1.29 is 0 Å². The molecule has 1 aliphatic rings. The van der Waals surface area contributed by atoms with E-state index in [-0.39, 0.29) is 0 Å². The highest BCUT2D eigenvalue weighted by Crippen LogP contribution is 2.17. The number of rotatable bonds is 3. The van der Waals surface area contributed by atoms with E-state index in [1.54, 1.807) is 0 Å². The lowest BCUT2D eigenvalue weighted by Gasteiger charge is -2.31. The SMILES string of the molecule is CCn1c(CN2CCNC(C)C2)nc2ccccc21. The molecule has 2 aromatic rings. The van der Waals surface area contributed by atoms with Crippen LogP contribution in [0.15, 0.2) is 24.3 Å². The van der Waals surface area contributed by atoms with Crippen LogP contribution in [0.1, 0.15) is 19.7 Å². The highest BCUT2D eigenvalue weighted by atomic mass is 15.2. The average Bonchev–Trinajstić information content (AvgIpc) is 2.75. The first-order chi connectivity index (χ1) is 9.28. The number of benzene rings is 1. The summed E-state index contributed by atoms with van der Waals surface area (Å²) >= 11 is 0. The first-order valence-corrected chi connectivity index (χ1v) is 7.18. The number of hydrogen-bond acceptors (Lipinski definition) is 3. The largest absolute Gasteiger partial charge is 0.327 e. The molecule has 1 aliphatic heterocycles. The number of para-hydroxylation sites is 2. The van der Waals surface area contributed by atoms with Gasteiger partial charge in [0, 0.05) is 32.2 Å². The summed E-state index contributed by atoms with van der Waals surface area (Å²) in [5, 5.41) is 3.48. The molecule has 1 saturated heterocycles. The maximum atomic E-state index is 4.80. The van der Waals surface area contributed by atoms with E-state index < -0.39 is 0 Å². The zero-order valence-electron chi connectivity index (χ0n) is 11.8. The van der Waals surface area contributed by atoms with Crippen LogP contribution in [-0.2, 0) is 13.1 Å². The van der Waals surface area contributed by atoms with Crippen molar-refractivity contribution in [2.24, 2.45) is 0 Å². The summed E-state index contributed by atoms with van der Waals surface area (Å²) in [5.74, 6) is 1.19. The summed E-state index contributed by atoms with van der Waals surface area (Å²) in [5.41, 5.74) is 2.37. The van der Waals surface area contributed by atoms with Crippen LogP contribution in [0.25, 0.3) is 11.0 Å². The van der Waals surface area contributed by atoms with Crippen LogP contribution in [0.4, 0.5) is 0 Å². The second-order valence-corrected chi connectivity index (χ2v) is 5.35. The number of aryl methyl sites for hydroxylation is 1. The number of piperazine rings is 1. The molecule has 102 valence electrons. The first-order valence-electron chi connectivity index (χ1n) is 7.18. The summed E-state index contributed by atoms with van der Waals surface area (Å²) in [6.45, 7) is 9.66. The molecule has 1 unspecified atom stereocenters. The molecule has 1 aromatic heterocycles. The minimum absolute atomic E-state index is 0.577. The van der Waals surface area contributed by atoms with Crippen LogP contribution in [0, 0.1) is 0 Å². The molecule has 0 bridgehead atoms. The molecule has 0 radical (unpaired) electrons. The number of fused-ring (bicyclic) bond motifs is 1. The summed E-state index contributed by atoms with van der Waals surface area (Å²) in [6, 6.07) is 8.99. The lowest BCUT2D eigenvalue weighted by Crippen LogP contribution is -2.48. The minimum Gasteiger partial charge on any atom is -0.327 e. The fourth-order valence-electron chi connectivity index (χ4n) is 2.95. The Bertz CT molecular complexity index is 560. The van der Waals surface area contributed by atoms with Gasteiger partial charge in [-0.2, -0.15) is 0 Å². The number of aromatic nitrogens is 2. The summed E-state index contributed by atoms with van der Waals surface area (Å²) < 4.78 is 2.34. The van der Waals surface area contributed by atoms with Crippen molar-refractivity contribution in [1.82, 2.24) is 19.8 Å². The Morgan fingerprint density at radius 3 is 3.00 bits per heavy atom. The lowest BCUT2D eigenvalue weighted by atomic mass is 10.2. The molecule has 0 spiro atoms. The summed E-state index contributed by atoms with van der Waals surface area (Å²) in [4.78, 5) is 7.30. The fraction of sp³-hybridized carbons (Fsp3) is 0.533. The predicted molar refractivity (Wildman–Crippen MR) is 78.1 cm³/mol. The van der Waals surface area contributed by atoms with Gasteiger partial charge in [-0.3, -0.25) is 4.90 Å². The number of nitrogens with one attached hydrogen (secondary N) is 1. The van der Waals surface area contributed by atoms with Crippen molar-refractivity contribution in [1.29, 1.82) is 0 Å². The third-order valence-electron chi connectivity index (χ3n) is 3.87. The first kappa shape index (κ1) is 12.6. The lowest BCUT2D eigenvalue weighted by molar-refractivity contribution is 0.193.